The monoisotopic (exact) mass is 311 g/mol. The summed E-state index contributed by atoms with van der Waals surface area (Å²) in [6.45, 7) is 9.91. The van der Waals surface area contributed by atoms with E-state index in [0.717, 1.165) is 66.3 Å². The van der Waals surface area contributed by atoms with Crippen LogP contribution in [0.4, 0.5) is 5.82 Å². The molecule has 0 spiro atoms. The van der Waals surface area contributed by atoms with Crippen LogP contribution < -0.4 is 9.80 Å². The Balaban J connectivity index is 1.85. The smallest absolute Gasteiger partial charge is 0.196 e. The van der Waals surface area contributed by atoms with E-state index in [1.54, 1.807) is 4.90 Å². The van der Waals surface area contributed by atoms with Crippen molar-refractivity contribution in [3.63, 3.8) is 0 Å². The van der Waals surface area contributed by atoms with Gasteiger partial charge in [-0.25, -0.2) is 9.97 Å². The first-order valence-corrected chi connectivity index (χ1v) is 8.56. The number of anilines is 1. The number of aromatic nitrogens is 2. The van der Waals surface area contributed by atoms with Crippen LogP contribution in [0.5, 0.6) is 0 Å². The van der Waals surface area contributed by atoms with Crippen molar-refractivity contribution >= 4 is 27.9 Å². The molecule has 120 valence electrons. The highest BCUT2D eigenvalue weighted by molar-refractivity contribution is 6.05. The van der Waals surface area contributed by atoms with E-state index < -0.39 is 0 Å². The first-order valence-electron chi connectivity index (χ1n) is 8.56. The van der Waals surface area contributed by atoms with E-state index in [1.807, 2.05) is 18.2 Å². The third kappa shape index (κ3) is 2.45. The van der Waals surface area contributed by atoms with Gasteiger partial charge < -0.3 is 14.2 Å². The summed E-state index contributed by atoms with van der Waals surface area (Å²) in [6.07, 6.45) is 0.836. The lowest BCUT2D eigenvalue weighted by atomic mass is 10.2. The molecule has 0 unspecified atom stereocenters. The van der Waals surface area contributed by atoms with Crippen LogP contribution in [0.3, 0.4) is 0 Å². The molecule has 1 fully saturated rings. The summed E-state index contributed by atoms with van der Waals surface area (Å²) < 4.78 is 6.12. The SMILES string of the molecule is CCc1nc(N2CC[NH+](CC)CC2)c2oc3ccccc3c2n1. The minimum atomic E-state index is 0.836. The number of para-hydroxylation sites is 1. The van der Waals surface area contributed by atoms with Gasteiger partial charge in [-0.15, -0.1) is 0 Å². The Bertz CT molecular complexity index is 834. The molecule has 1 aromatic carbocycles. The molecule has 1 N–H and O–H groups in total. The third-order valence-electron chi connectivity index (χ3n) is 4.83. The number of nitrogens with one attached hydrogen (secondary N) is 1. The minimum absolute atomic E-state index is 0.836. The molecule has 0 bridgehead atoms. The van der Waals surface area contributed by atoms with Gasteiger partial charge in [0.1, 0.15) is 16.9 Å². The molecule has 0 atom stereocenters. The fraction of sp³-hybridized carbons (Fsp3) is 0.444. The summed E-state index contributed by atoms with van der Waals surface area (Å²) in [5.74, 6) is 1.86. The maximum atomic E-state index is 6.12. The summed E-state index contributed by atoms with van der Waals surface area (Å²) in [6, 6.07) is 8.12. The lowest BCUT2D eigenvalue weighted by Gasteiger charge is -2.32. The molecule has 4 rings (SSSR count). The van der Waals surface area contributed by atoms with Gasteiger partial charge in [0.05, 0.1) is 32.7 Å². The number of nitrogens with zero attached hydrogens (tertiary/aromatic N) is 3. The first-order chi connectivity index (χ1) is 11.3. The predicted octanol–water partition coefficient (Wildman–Crippen LogP) is 1.66. The van der Waals surface area contributed by atoms with Gasteiger partial charge in [-0.3, -0.25) is 0 Å². The molecule has 5 heteroatoms. The lowest BCUT2D eigenvalue weighted by Crippen LogP contribution is -3.14. The second kappa shape index (κ2) is 5.81. The molecule has 0 aliphatic carbocycles. The van der Waals surface area contributed by atoms with Crippen LogP contribution >= 0.6 is 0 Å². The zero-order valence-electron chi connectivity index (χ0n) is 13.8. The second-order valence-corrected chi connectivity index (χ2v) is 6.18. The van der Waals surface area contributed by atoms with E-state index in [0.29, 0.717) is 0 Å². The number of fused-ring (bicyclic) bond motifs is 3. The van der Waals surface area contributed by atoms with Crippen LogP contribution in [0.2, 0.25) is 0 Å². The van der Waals surface area contributed by atoms with E-state index in [2.05, 4.69) is 24.8 Å². The predicted molar refractivity (Wildman–Crippen MR) is 92.1 cm³/mol. The average molecular weight is 311 g/mol. The van der Waals surface area contributed by atoms with Crippen molar-refractivity contribution in [3.8, 4) is 0 Å². The fourth-order valence-electron chi connectivity index (χ4n) is 3.38. The van der Waals surface area contributed by atoms with Gasteiger partial charge in [0.2, 0.25) is 0 Å². The molecular weight excluding hydrogens is 288 g/mol. The van der Waals surface area contributed by atoms with Crippen molar-refractivity contribution in [2.75, 3.05) is 37.6 Å². The molecule has 3 heterocycles. The molecule has 0 amide bonds. The number of hydrogen-bond donors (Lipinski definition) is 1. The van der Waals surface area contributed by atoms with Gasteiger partial charge in [0.15, 0.2) is 11.4 Å². The van der Waals surface area contributed by atoms with Crippen molar-refractivity contribution < 1.29 is 9.32 Å². The number of rotatable bonds is 3. The normalized spacial score (nSPS) is 16.5. The number of likely N-dealkylation sites (N-methyl/N-ethyl adjacent to an activating group) is 1. The van der Waals surface area contributed by atoms with Crippen molar-refractivity contribution in [1.82, 2.24) is 9.97 Å². The number of benzene rings is 1. The lowest BCUT2D eigenvalue weighted by molar-refractivity contribution is -0.898. The summed E-state index contributed by atoms with van der Waals surface area (Å²) in [5.41, 5.74) is 2.68. The number of furan rings is 1. The average Bonchev–Trinajstić information content (AvgIpc) is 2.99. The Morgan fingerprint density at radius 2 is 1.91 bits per heavy atom. The highest BCUT2D eigenvalue weighted by Gasteiger charge is 2.24. The van der Waals surface area contributed by atoms with Crippen LogP contribution in [0.25, 0.3) is 22.1 Å². The second-order valence-electron chi connectivity index (χ2n) is 6.18. The number of piperazine rings is 1. The standard InChI is InChI=1S/C18H22N4O/c1-3-15-19-16-13-7-5-6-8-14(13)23-17(16)18(20-15)22-11-9-21(4-2)10-12-22/h5-8H,3-4,9-12H2,1-2H3/p+1. The largest absolute Gasteiger partial charge is 0.450 e. The van der Waals surface area contributed by atoms with Crippen molar-refractivity contribution in [3.05, 3.63) is 30.1 Å². The Morgan fingerprint density at radius 1 is 1.13 bits per heavy atom. The number of aryl methyl sites for hydroxylation is 1. The molecule has 2 aromatic heterocycles. The Labute approximate surface area is 135 Å². The molecule has 0 radical (unpaired) electrons. The summed E-state index contributed by atoms with van der Waals surface area (Å²) >= 11 is 0. The Morgan fingerprint density at radius 3 is 2.65 bits per heavy atom. The molecule has 0 saturated carbocycles. The van der Waals surface area contributed by atoms with Gasteiger partial charge in [-0.05, 0) is 19.1 Å². The molecule has 23 heavy (non-hydrogen) atoms. The van der Waals surface area contributed by atoms with Gasteiger partial charge in [0.25, 0.3) is 0 Å². The number of quaternary nitrogens is 1. The van der Waals surface area contributed by atoms with E-state index in [1.165, 1.54) is 6.54 Å². The van der Waals surface area contributed by atoms with Crippen LogP contribution in [0.15, 0.2) is 28.7 Å². The van der Waals surface area contributed by atoms with Crippen LogP contribution in [0.1, 0.15) is 19.7 Å². The maximum absolute atomic E-state index is 6.12. The molecular formula is C18H23N4O+. The Hall–Kier alpha value is -2.14. The minimum Gasteiger partial charge on any atom is -0.450 e. The highest BCUT2D eigenvalue weighted by atomic mass is 16.3. The molecule has 5 nitrogen and oxygen atoms in total. The quantitative estimate of drug-likeness (QED) is 0.799. The van der Waals surface area contributed by atoms with Crippen LogP contribution in [-0.4, -0.2) is 42.7 Å². The zero-order valence-corrected chi connectivity index (χ0v) is 13.8. The first kappa shape index (κ1) is 14.5. The topological polar surface area (TPSA) is 46.6 Å². The maximum Gasteiger partial charge on any atom is 0.196 e. The van der Waals surface area contributed by atoms with E-state index >= 15 is 0 Å². The van der Waals surface area contributed by atoms with Crippen LogP contribution in [-0.2, 0) is 6.42 Å². The molecule has 1 aliphatic heterocycles. The van der Waals surface area contributed by atoms with E-state index in [-0.39, 0.29) is 0 Å². The van der Waals surface area contributed by atoms with Gasteiger partial charge >= 0.3 is 0 Å². The van der Waals surface area contributed by atoms with Crippen molar-refractivity contribution in [2.45, 2.75) is 20.3 Å². The van der Waals surface area contributed by atoms with Gasteiger partial charge in [0, 0.05) is 11.8 Å². The van der Waals surface area contributed by atoms with Crippen molar-refractivity contribution in [2.24, 2.45) is 0 Å². The van der Waals surface area contributed by atoms with E-state index in [9.17, 15) is 0 Å². The summed E-state index contributed by atoms with van der Waals surface area (Å²) in [4.78, 5) is 13.6. The fourth-order valence-corrected chi connectivity index (χ4v) is 3.38. The third-order valence-corrected chi connectivity index (χ3v) is 4.83. The molecule has 1 aliphatic rings. The summed E-state index contributed by atoms with van der Waals surface area (Å²) in [7, 11) is 0. The van der Waals surface area contributed by atoms with Gasteiger partial charge in [-0.1, -0.05) is 19.1 Å². The summed E-state index contributed by atoms with van der Waals surface area (Å²) in [5, 5.41) is 1.08. The molecule has 3 aromatic rings. The highest BCUT2D eigenvalue weighted by Crippen LogP contribution is 2.32. The Kier molecular flexibility index (Phi) is 3.65. The van der Waals surface area contributed by atoms with Crippen molar-refractivity contribution in [1.29, 1.82) is 0 Å². The van der Waals surface area contributed by atoms with E-state index in [4.69, 9.17) is 14.4 Å². The zero-order chi connectivity index (χ0) is 15.8. The number of hydrogen-bond acceptors (Lipinski definition) is 4. The van der Waals surface area contributed by atoms with Gasteiger partial charge in [-0.2, -0.15) is 0 Å². The molecule has 1 saturated heterocycles. The van der Waals surface area contributed by atoms with Crippen LogP contribution in [0, 0.1) is 0 Å².